The molecule has 0 spiro atoms. The minimum atomic E-state index is -3.62. The van der Waals surface area contributed by atoms with E-state index in [1.807, 2.05) is 18.2 Å². The summed E-state index contributed by atoms with van der Waals surface area (Å²) in [4.78, 5) is 21.5. The summed E-state index contributed by atoms with van der Waals surface area (Å²) in [6.45, 7) is 10.2. The van der Waals surface area contributed by atoms with Crippen LogP contribution in [-0.2, 0) is 20.4 Å². The van der Waals surface area contributed by atoms with E-state index in [1.165, 1.54) is 0 Å². The van der Waals surface area contributed by atoms with E-state index >= 15 is 0 Å². The number of likely N-dealkylation sites (N-methyl/N-ethyl adjacent to an activating group) is 1. The third kappa shape index (κ3) is 7.65. The van der Waals surface area contributed by atoms with E-state index in [-0.39, 0.29) is 11.5 Å². The van der Waals surface area contributed by atoms with Crippen LogP contribution in [0.15, 0.2) is 28.7 Å². The zero-order chi connectivity index (χ0) is 23.8. The number of aryl methyl sites for hydroxylation is 1. The van der Waals surface area contributed by atoms with Crippen LogP contribution in [-0.4, -0.2) is 81.1 Å². The van der Waals surface area contributed by atoms with Crippen molar-refractivity contribution in [3.8, 4) is 17.2 Å². The third-order valence-electron chi connectivity index (χ3n) is 6.04. The Morgan fingerprint density at radius 2 is 1.88 bits per heavy atom. The van der Waals surface area contributed by atoms with E-state index in [2.05, 4.69) is 21.7 Å². The summed E-state index contributed by atoms with van der Waals surface area (Å²) in [6, 6.07) is 7.21. The van der Waals surface area contributed by atoms with Gasteiger partial charge in [0.15, 0.2) is 9.84 Å². The molecule has 0 saturated carbocycles. The topological polar surface area (TPSA) is 93.0 Å². The molecule has 3 rings (SSSR count). The molecule has 1 aliphatic heterocycles. The van der Waals surface area contributed by atoms with Crippen molar-refractivity contribution in [3.63, 3.8) is 0 Å². The van der Waals surface area contributed by atoms with E-state index in [1.54, 1.807) is 20.1 Å². The van der Waals surface area contributed by atoms with E-state index in [0.717, 1.165) is 45.7 Å². The molecule has 0 amide bonds. The number of sulfone groups is 1. The Kier molecular flexibility index (Phi) is 9.05. The van der Waals surface area contributed by atoms with Crippen molar-refractivity contribution in [3.05, 3.63) is 35.7 Å². The Morgan fingerprint density at radius 1 is 1.15 bits per heavy atom. The summed E-state index contributed by atoms with van der Waals surface area (Å²) >= 11 is 0. The molecular weight excluding hydrogens is 442 g/mol. The second-order valence-corrected chi connectivity index (χ2v) is 10.6. The highest BCUT2D eigenvalue weighted by Gasteiger charge is 2.22. The normalized spacial score (nSPS) is 15.6. The number of hydrogen-bond donors (Lipinski definition) is 0. The molecule has 1 saturated heterocycles. The Labute approximate surface area is 196 Å². The Hall–Kier alpha value is -2.23. The Morgan fingerprint density at radius 3 is 2.58 bits per heavy atom. The number of ether oxygens (including phenoxy) is 1. The first-order valence-electron chi connectivity index (χ1n) is 11.6. The molecule has 0 bridgehead atoms. The van der Waals surface area contributed by atoms with Crippen LogP contribution < -0.4 is 4.74 Å². The maximum absolute atomic E-state index is 12.6. The van der Waals surface area contributed by atoms with Gasteiger partial charge in [0, 0.05) is 38.2 Å². The van der Waals surface area contributed by atoms with Crippen LogP contribution in [0.5, 0.6) is 5.75 Å². The van der Waals surface area contributed by atoms with Gasteiger partial charge in [-0.3, -0.25) is 4.79 Å². The first-order chi connectivity index (χ1) is 15.8. The van der Waals surface area contributed by atoms with Crippen molar-refractivity contribution < 1.29 is 22.4 Å². The molecule has 2 heterocycles. The maximum Gasteiger partial charge on any atom is 0.226 e. The van der Waals surface area contributed by atoms with Gasteiger partial charge in [-0.1, -0.05) is 13.0 Å². The number of benzene rings is 1. The monoisotopic (exact) mass is 477 g/mol. The number of carbonyl (C=O) groups excluding carboxylic acids is 1. The second-order valence-electron chi connectivity index (χ2n) is 8.56. The smallest absolute Gasteiger partial charge is 0.226 e. The summed E-state index contributed by atoms with van der Waals surface area (Å²) in [7, 11) is -2.05. The highest BCUT2D eigenvalue weighted by Crippen LogP contribution is 2.26. The molecule has 33 heavy (non-hydrogen) atoms. The zero-order valence-electron chi connectivity index (χ0n) is 19.9. The lowest BCUT2D eigenvalue weighted by Gasteiger charge is -2.33. The van der Waals surface area contributed by atoms with Crippen molar-refractivity contribution in [2.45, 2.75) is 38.9 Å². The number of hydrogen-bond acceptors (Lipinski definition) is 8. The molecule has 9 heteroatoms. The maximum atomic E-state index is 12.6. The number of aromatic nitrogens is 1. The van der Waals surface area contributed by atoms with Crippen LogP contribution >= 0.6 is 0 Å². The molecule has 182 valence electrons. The first kappa shape index (κ1) is 25.4. The fraction of sp³-hybridized carbons (Fsp3) is 0.583. The molecule has 0 radical (unpaired) electrons. The van der Waals surface area contributed by atoms with Crippen molar-refractivity contribution in [1.82, 2.24) is 14.8 Å². The molecule has 2 aromatic rings. The fourth-order valence-electron chi connectivity index (χ4n) is 4.01. The number of oxazole rings is 1. The van der Waals surface area contributed by atoms with Crippen LogP contribution in [0.2, 0.25) is 0 Å². The van der Waals surface area contributed by atoms with Gasteiger partial charge in [-0.25, -0.2) is 13.4 Å². The van der Waals surface area contributed by atoms with E-state index < -0.39 is 15.6 Å². The molecule has 8 nitrogen and oxygen atoms in total. The van der Waals surface area contributed by atoms with Gasteiger partial charge in [-0.15, -0.1) is 0 Å². The highest BCUT2D eigenvalue weighted by molar-refractivity contribution is 7.91. The van der Waals surface area contributed by atoms with Crippen LogP contribution in [0.1, 0.15) is 37.6 Å². The van der Waals surface area contributed by atoms with Gasteiger partial charge in [-0.05, 0) is 51.1 Å². The third-order valence-corrected chi connectivity index (χ3v) is 7.51. The molecular formula is C24H35N3O5S. The average Bonchev–Trinajstić information content (AvgIpc) is 3.16. The van der Waals surface area contributed by atoms with Gasteiger partial charge in [0.25, 0.3) is 0 Å². The molecule has 1 aliphatic rings. The molecule has 0 N–H and O–H groups in total. The minimum absolute atomic E-state index is 0.236. The van der Waals surface area contributed by atoms with Crippen molar-refractivity contribution in [1.29, 1.82) is 0 Å². The number of rotatable bonds is 12. The Balaban J connectivity index is 1.46. The van der Waals surface area contributed by atoms with Crippen molar-refractivity contribution >= 4 is 15.6 Å². The lowest BCUT2D eigenvalue weighted by atomic mass is 10.2. The molecule has 1 aromatic carbocycles. The average molecular weight is 478 g/mol. The number of methoxy groups -OCH3 is 1. The molecule has 1 aromatic heterocycles. The summed E-state index contributed by atoms with van der Waals surface area (Å²) in [5.41, 5.74) is 1.04. The van der Waals surface area contributed by atoms with Gasteiger partial charge in [0.05, 0.1) is 18.6 Å². The van der Waals surface area contributed by atoms with E-state index in [0.29, 0.717) is 41.5 Å². The minimum Gasteiger partial charge on any atom is -0.497 e. The SMILES string of the molecule is CCN1CCN(CCCCC(=O)CS(=O)(=O)Cc2nc(-c3cccc(OC)c3)oc2C)CC1. The van der Waals surface area contributed by atoms with Crippen molar-refractivity contribution in [2.75, 3.05) is 52.1 Å². The van der Waals surface area contributed by atoms with Gasteiger partial charge >= 0.3 is 0 Å². The zero-order valence-corrected chi connectivity index (χ0v) is 20.7. The van der Waals surface area contributed by atoms with Crippen LogP contribution in [0.4, 0.5) is 0 Å². The summed E-state index contributed by atoms with van der Waals surface area (Å²) < 4.78 is 36.1. The molecule has 1 fully saturated rings. The van der Waals surface area contributed by atoms with Crippen LogP contribution in [0.25, 0.3) is 11.5 Å². The lowest BCUT2D eigenvalue weighted by Crippen LogP contribution is -2.46. The predicted octanol–water partition coefficient (Wildman–Crippen LogP) is 2.95. The van der Waals surface area contributed by atoms with Gasteiger partial charge < -0.3 is 19.0 Å². The van der Waals surface area contributed by atoms with E-state index in [9.17, 15) is 13.2 Å². The summed E-state index contributed by atoms with van der Waals surface area (Å²) in [6.07, 6.45) is 1.91. The largest absolute Gasteiger partial charge is 0.497 e. The lowest BCUT2D eigenvalue weighted by molar-refractivity contribution is -0.116. The number of ketones is 1. The molecule has 0 atom stereocenters. The van der Waals surface area contributed by atoms with Gasteiger partial charge in [0.2, 0.25) is 5.89 Å². The molecule has 0 aliphatic carbocycles. The Bertz CT molecular complexity index is 1030. The number of nitrogens with zero attached hydrogens (tertiary/aromatic N) is 3. The first-order valence-corrected chi connectivity index (χ1v) is 13.4. The van der Waals surface area contributed by atoms with Crippen LogP contribution in [0, 0.1) is 6.92 Å². The molecule has 0 unspecified atom stereocenters. The van der Waals surface area contributed by atoms with Gasteiger partial charge in [-0.2, -0.15) is 0 Å². The summed E-state index contributed by atoms with van der Waals surface area (Å²) in [5, 5.41) is 0. The van der Waals surface area contributed by atoms with Crippen molar-refractivity contribution in [2.24, 2.45) is 0 Å². The highest BCUT2D eigenvalue weighted by atomic mass is 32.2. The second kappa shape index (κ2) is 11.8. The fourth-order valence-corrected chi connectivity index (χ4v) is 5.43. The number of unbranched alkanes of at least 4 members (excludes halogenated alkanes) is 1. The predicted molar refractivity (Wildman–Crippen MR) is 128 cm³/mol. The summed E-state index contributed by atoms with van der Waals surface area (Å²) in [5.74, 6) is 0.434. The van der Waals surface area contributed by atoms with Crippen LogP contribution in [0.3, 0.4) is 0 Å². The number of carbonyl (C=O) groups is 1. The van der Waals surface area contributed by atoms with Gasteiger partial charge in [0.1, 0.15) is 23.0 Å². The standard InChI is InChI=1S/C24H35N3O5S/c1-4-26-12-14-27(15-13-26)11-6-5-9-21(28)17-33(29,30)18-23-19(2)32-24(25-23)20-8-7-10-22(16-20)31-3/h7-8,10,16H,4-6,9,11-15,17-18H2,1-3H3. The number of piperazine rings is 1. The quantitative estimate of drug-likeness (QED) is 0.431. The number of Topliss-reactive ketones (excluding diaryl/α,β-unsaturated/α-hetero) is 1. The van der Waals surface area contributed by atoms with E-state index in [4.69, 9.17) is 9.15 Å².